The van der Waals surface area contributed by atoms with Crippen LogP contribution in [0.4, 0.5) is 0 Å². The van der Waals surface area contributed by atoms with Crippen molar-refractivity contribution in [1.82, 2.24) is 5.43 Å². The Balaban J connectivity index is 1.51. The third kappa shape index (κ3) is 2.75. The molecule has 7 atom stereocenters. The van der Waals surface area contributed by atoms with E-state index in [9.17, 15) is 4.79 Å². The Morgan fingerprint density at radius 2 is 2.00 bits per heavy atom. The van der Waals surface area contributed by atoms with Crippen molar-refractivity contribution in [2.45, 2.75) is 78.2 Å². The van der Waals surface area contributed by atoms with E-state index in [1.807, 2.05) is 0 Å². The maximum atomic E-state index is 11.4. The molecule has 4 aliphatic carbocycles. The number of ether oxygens (including phenoxy) is 1. The van der Waals surface area contributed by atoms with Gasteiger partial charge < -0.3 is 4.74 Å². The molecule has 3 N–H and O–H groups in total. The van der Waals surface area contributed by atoms with Crippen LogP contribution in [0.5, 0.6) is 0 Å². The number of amides is 1. The minimum absolute atomic E-state index is 0.0615. The fraction of sp³-hybridized carbons (Fsp3) is 0.864. The smallest absolute Gasteiger partial charge is 0.259 e. The largest absolute Gasteiger partial charge is 0.364 e. The van der Waals surface area contributed by atoms with Crippen LogP contribution < -0.4 is 11.3 Å². The average molecular weight is 361 g/mol. The summed E-state index contributed by atoms with van der Waals surface area (Å²) in [4.78, 5) is 11.4. The molecule has 4 rings (SSSR count). The maximum absolute atomic E-state index is 11.4. The number of hydrogen-bond acceptors (Lipinski definition) is 3. The third-order valence-electron chi connectivity index (χ3n) is 9.13. The zero-order chi connectivity index (χ0) is 18.5. The van der Waals surface area contributed by atoms with Gasteiger partial charge in [0.2, 0.25) is 0 Å². The lowest BCUT2D eigenvalue weighted by Crippen LogP contribution is -2.50. The van der Waals surface area contributed by atoms with Crippen LogP contribution in [0, 0.1) is 34.5 Å². The lowest BCUT2D eigenvalue weighted by Gasteiger charge is -2.58. The average Bonchev–Trinajstić information content (AvgIpc) is 2.94. The van der Waals surface area contributed by atoms with E-state index in [0.717, 1.165) is 30.1 Å². The van der Waals surface area contributed by atoms with Crippen molar-refractivity contribution in [1.29, 1.82) is 0 Å². The lowest BCUT2D eigenvalue weighted by atomic mass is 9.47. The summed E-state index contributed by atoms with van der Waals surface area (Å²) in [5, 5.41) is 0. The van der Waals surface area contributed by atoms with Gasteiger partial charge in [-0.2, -0.15) is 0 Å². The molecule has 4 nitrogen and oxygen atoms in total. The predicted molar refractivity (Wildman–Crippen MR) is 103 cm³/mol. The third-order valence-corrected chi connectivity index (χ3v) is 9.13. The second-order valence-electron chi connectivity index (χ2n) is 10.0. The molecule has 4 aliphatic rings. The van der Waals surface area contributed by atoms with Crippen molar-refractivity contribution < 1.29 is 9.53 Å². The maximum Gasteiger partial charge on any atom is 0.259 e. The first-order chi connectivity index (χ1) is 12.4. The highest BCUT2D eigenvalue weighted by Crippen LogP contribution is 2.66. The number of allylic oxidation sites excluding steroid dienone is 1. The van der Waals surface area contributed by atoms with Crippen LogP contribution in [-0.2, 0) is 9.53 Å². The van der Waals surface area contributed by atoms with E-state index in [1.54, 1.807) is 5.57 Å². The number of hydrazine groups is 1. The van der Waals surface area contributed by atoms with Crippen LogP contribution in [0.1, 0.15) is 72.1 Å². The molecule has 0 aromatic carbocycles. The summed E-state index contributed by atoms with van der Waals surface area (Å²) in [5.74, 6) is 8.51. The summed E-state index contributed by atoms with van der Waals surface area (Å²) in [7, 11) is 0. The normalized spacial score (nSPS) is 47.4. The first kappa shape index (κ1) is 18.5. The van der Waals surface area contributed by atoms with E-state index in [1.165, 1.54) is 44.9 Å². The van der Waals surface area contributed by atoms with Gasteiger partial charge in [-0.3, -0.25) is 10.2 Å². The molecule has 0 spiro atoms. The van der Waals surface area contributed by atoms with Crippen LogP contribution in [0.2, 0.25) is 0 Å². The Labute approximate surface area is 158 Å². The molecule has 1 amide bonds. The van der Waals surface area contributed by atoms with Crippen molar-refractivity contribution in [2.75, 3.05) is 6.61 Å². The minimum Gasteiger partial charge on any atom is -0.364 e. The van der Waals surface area contributed by atoms with Crippen LogP contribution in [-0.4, -0.2) is 18.6 Å². The number of hydrogen-bond donors (Lipinski definition) is 2. The molecule has 0 bridgehead atoms. The van der Waals surface area contributed by atoms with E-state index in [0.29, 0.717) is 10.8 Å². The summed E-state index contributed by atoms with van der Waals surface area (Å²) in [6.07, 6.45) is 12.9. The van der Waals surface area contributed by atoms with Gasteiger partial charge in [-0.15, -0.1) is 0 Å². The van der Waals surface area contributed by atoms with Crippen LogP contribution in [0.15, 0.2) is 11.6 Å². The second kappa shape index (κ2) is 6.63. The Kier molecular flexibility index (Phi) is 4.71. The van der Waals surface area contributed by atoms with E-state index in [-0.39, 0.29) is 18.6 Å². The van der Waals surface area contributed by atoms with Crippen LogP contribution >= 0.6 is 0 Å². The van der Waals surface area contributed by atoms with Crippen LogP contribution in [0.3, 0.4) is 0 Å². The number of nitrogens with one attached hydrogen (secondary N) is 1. The van der Waals surface area contributed by atoms with Gasteiger partial charge in [0.05, 0.1) is 6.10 Å². The van der Waals surface area contributed by atoms with Gasteiger partial charge >= 0.3 is 0 Å². The molecule has 0 radical (unpaired) electrons. The van der Waals surface area contributed by atoms with Gasteiger partial charge in [-0.1, -0.05) is 32.4 Å². The van der Waals surface area contributed by atoms with Gasteiger partial charge in [0.15, 0.2) is 0 Å². The van der Waals surface area contributed by atoms with E-state index < -0.39 is 0 Å². The van der Waals surface area contributed by atoms with Crippen molar-refractivity contribution >= 4 is 5.91 Å². The number of nitrogens with two attached hydrogens (primary N) is 1. The Bertz CT molecular complexity index is 603. The summed E-state index contributed by atoms with van der Waals surface area (Å²) < 4.78 is 5.80. The summed E-state index contributed by atoms with van der Waals surface area (Å²) in [5.41, 5.74) is 4.70. The van der Waals surface area contributed by atoms with E-state index in [4.69, 9.17) is 10.6 Å². The first-order valence-electron chi connectivity index (χ1n) is 10.7. The van der Waals surface area contributed by atoms with Crippen molar-refractivity contribution in [3.05, 3.63) is 11.6 Å². The molecule has 0 aromatic heterocycles. The second-order valence-corrected chi connectivity index (χ2v) is 10.0. The highest BCUT2D eigenvalue weighted by atomic mass is 16.5. The highest BCUT2D eigenvalue weighted by Gasteiger charge is 2.57. The van der Waals surface area contributed by atoms with Gasteiger partial charge in [-0.05, 0) is 85.9 Å². The van der Waals surface area contributed by atoms with Gasteiger partial charge in [0.25, 0.3) is 5.91 Å². The van der Waals surface area contributed by atoms with Gasteiger partial charge in [0, 0.05) is 0 Å². The number of carbonyl (C=O) groups is 1. The molecule has 146 valence electrons. The monoisotopic (exact) mass is 360 g/mol. The van der Waals surface area contributed by atoms with Gasteiger partial charge in [0.1, 0.15) is 6.61 Å². The van der Waals surface area contributed by atoms with Crippen molar-refractivity contribution in [3.63, 3.8) is 0 Å². The fourth-order valence-corrected chi connectivity index (χ4v) is 7.32. The number of rotatable bonds is 3. The molecule has 6 unspecified atom stereocenters. The Morgan fingerprint density at radius 3 is 2.77 bits per heavy atom. The standard InChI is InChI=1S/C22H36N2O2/c1-14-4-7-18-17-6-5-15-12-16(26-13-20(25)24-23)8-10-22(15,3)19(17)9-11-21(14,18)2/h12,14,16-19H,4-11,13,23H2,1-3H3,(H,24,25)/t14?,16-,17?,18?,19?,21?,22?/m0/s1. The summed E-state index contributed by atoms with van der Waals surface area (Å²) in [6.45, 7) is 7.67. The summed E-state index contributed by atoms with van der Waals surface area (Å²) >= 11 is 0. The molecule has 26 heavy (non-hydrogen) atoms. The molecule has 0 saturated heterocycles. The molecule has 0 aromatic rings. The molecule has 3 fully saturated rings. The van der Waals surface area contributed by atoms with Crippen LogP contribution in [0.25, 0.3) is 0 Å². The summed E-state index contributed by atoms with van der Waals surface area (Å²) in [6, 6.07) is 0. The zero-order valence-corrected chi connectivity index (χ0v) is 16.7. The Morgan fingerprint density at radius 1 is 1.19 bits per heavy atom. The predicted octanol–water partition coefficient (Wildman–Crippen LogP) is 3.96. The quantitative estimate of drug-likeness (QED) is 0.346. The minimum atomic E-state index is -0.248. The molecule has 0 heterocycles. The zero-order valence-electron chi connectivity index (χ0n) is 16.7. The molecular formula is C22H36N2O2. The topological polar surface area (TPSA) is 64.3 Å². The van der Waals surface area contributed by atoms with E-state index in [2.05, 4.69) is 32.3 Å². The Hall–Kier alpha value is -0.870. The SMILES string of the molecule is CC1CCC2C3CCC4=C[C@@H](OCC(=O)NN)CCC4(C)C3CCC12C. The molecule has 4 heteroatoms. The molecule has 0 aliphatic heterocycles. The van der Waals surface area contributed by atoms with Crippen molar-refractivity contribution in [2.24, 2.45) is 40.3 Å². The molecular weight excluding hydrogens is 324 g/mol. The van der Waals surface area contributed by atoms with E-state index >= 15 is 0 Å². The first-order valence-corrected chi connectivity index (χ1v) is 10.7. The fourth-order valence-electron chi connectivity index (χ4n) is 7.32. The molecule has 3 saturated carbocycles. The number of fused-ring (bicyclic) bond motifs is 5. The number of carbonyl (C=O) groups excluding carboxylic acids is 1. The van der Waals surface area contributed by atoms with Crippen molar-refractivity contribution in [3.8, 4) is 0 Å². The highest BCUT2D eigenvalue weighted by molar-refractivity contribution is 5.76. The lowest BCUT2D eigenvalue weighted by molar-refractivity contribution is -0.127. The van der Waals surface area contributed by atoms with Gasteiger partial charge in [-0.25, -0.2) is 5.84 Å².